The van der Waals surface area contributed by atoms with Crippen molar-refractivity contribution in [1.82, 2.24) is 0 Å². The lowest BCUT2D eigenvalue weighted by atomic mass is 9.82. The molecule has 0 amide bonds. The molecule has 3 nitrogen and oxygen atoms in total. The predicted molar refractivity (Wildman–Crippen MR) is 79.8 cm³/mol. The highest BCUT2D eigenvalue weighted by atomic mass is 16.7. The largest absolute Gasteiger partial charge is 0.497 e. The summed E-state index contributed by atoms with van der Waals surface area (Å²) in [6.07, 6.45) is -0.185. The van der Waals surface area contributed by atoms with E-state index in [9.17, 15) is 0 Å². The molecular formula is C17H26O3. The van der Waals surface area contributed by atoms with E-state index in [1.54, 1.807) is 7.11 Å². The van der Waals surface area contributed by atoms with Gasteiger partial charge < -0.3 is 14.2 Å². The number of ether oxygens (including phenoxy) is 3. The summed E-state index contributed by atoms with van der Waals surface area (Å²) in [6, 6.07) is 7.90. The smallest absolute Gasteiger partial charge is 0.185 e. The van der Waals surface area contributed by atoms with Crippen molar-refractivity contribution in [2.45, 2.75) is 52.6 Å². The Kier molecular flexibility index (Phi) is 4.40. The lowest BCUT2D eigenvalue weighted by Gasteiger charge is -2.34. The van der Waals surface area contributed by atoms with Gasteiger partial charge in [0.25, 0.3) is 0 Å². The summed E-state index contributed by atoms with van der Waals surface area (Å²) >= 11 is 0. The second-order valence-electron chi connectivity index (χ2n) is 6.36. The Bertz CT molecular complexity index is 438. The van der Waals surface area contributed by atoms with Crippen molar-refractivity contribution in [1.29, 1.82) is 0 Å². The van der Waals surface area contributed by atoms with Crippen molar-refractivity contribution in [3.63, 3.8) is 0 Å². The molecule has 0 aromatic heterocycles. The third kappa shape index (κ3) is 2.70. The van der Waals surface area contributed by atoms with E-state index < -0.39 is 0 Å². The van der Waals surface area contributed by atoms with Crippen molar-refractivity contribution in [2.24, 2.45) is 11.8 Å². The van der Waals surface area contributed by atoms with E-state index in [0.29, 0.717) is 11.8 Å². The molecule has 1 aromatic carbocycles. The van der Waals surface area contributed by atoms with E-state index >= 15 is 0 Å². The highest BCUT2D eigenvalue weighted by Gasteiger charge is 2.49. The monoisotopic (exact) mass is 278 g/mol. The van der Waals surface area contributed by atoms with Crippen LogP contribution in [0.4, 0.5) is 0 Å². The fourth-order valence-corrected chi connectivity index (χ4v) is 2.79. The van der Waals surface area contributed by atoms with Crippen LogP contribution in [0, 0.1) is 11.8 Å². The van der Waals surface area contributed by atoms with Crippen molar-refractivity contribution >= 4 is 0 Å². The molecule has 0 spiro atoms. The molecule has 1 heterocycles. The SMILES string of the molecule is COc1ccc(C2O[C@@H](C(C)C)C(C)(C(C)C)O2)cc1. The molecule has 1 aliphatic rings. The molecule has 1 fully saturated rings. The van der Waals surface area contributed by atoms with Gasteiger partial charge in [0, 0.05) is 5.56 Å². The molecule has 1 aliphatic heterocycles. The fraction of sp³-hybridized carbons (Fsp3) is 0.647. The van der Waals surface area contributed by atoms with E-state index in [-0.39, 0.29) is 18.0 Å². The van der Waals surface area contributed by atoms with Crippen molar-refractivity contribution in [2.75, 3.05) is 7.11 Å². The molecule has 0 N–H and O–H groups in total. The molecule has 1 aromatic rings. The standard InChI is InChI=1S/C17H26O3/c1-11(2)15-17(5,12(3)4)20-16(19-15)13-7-9-14(18-6)10-8-13/h7-12,15-16H,1-6H3/t15-,16?,17?/m0/s1. The number of methoxy groups -OCH3 is 1. The Morgan fingerprint density at radius 1 is 1.10 bits per heavy atom. The molecule has 112 valence electrons. The maximum Gasteiger partial charge on any atom is 0.185 e. The first-order valence-corrected chi connectivity index (χ1v) is 7.35. The molecule has 20 heavy (non-hydrogen) atoms. The van der Waals surface area contributed by atoms with Crippen LogP contribution in [-0.4, -0.2) is 18.8 Å². The minimum atomic E-state index is -0.291. The quantitative estimate of drug-likeness (QED) is 0.827. The van der Waals surface area contributed by atoms with E-state index in [1.807, 2.05) is 24.3 Å². The molecule has 3 atom stereocenters. The number of benzene rings is 1. The molecule has 1 saturated heterocycles. The Balaban J connectivity index is 2.23. The highest BCUT2D eigenvalue weighted by molar-refractivity contribution is 5.28. The van der Waals surface area contributed by atoms with Crippen molar-refractivity contribution in [3.05, 3.63) is 29.8 Å². The van der Waals surface area contributed by atoms with Gasteiger partial charge in [-0.3, -0.25) is 0 Å². The normalized spacial score (nSPS) is 30.2. The summed E-state index contributed by atoms with van der Waals surface area (Å²) in [5.41, 5.74) is 0.791. The van der Waals surface area contributed by atoms with Crippen LogP contribution in [0.1, 0.15) is 46.5 Å². The summed E-state index contributed by atoms with van der Waals surface area (Å²) in [7, 11) is 1.67. The molecule has 0 saturated carbocycles. The first kappa shape index (κ1) is 15.3. The van der Waals surface area contributed by atoms with Gasteiger partial charge in [0.2, 0.25) is 0 Å². The van der Waals surface area contributed by atoms with Crippen LogP contribution in [0.15, 0.2) is 24.3 Å². The van der Waals surface area contributed by atoms with Crippen LogP contribution in [0.5, 0.6) is 5.75 Å². The van der Waals surface area contributed by atoms with Crippen LogP contribution >= 0.6 is 0 Å². The zero-order valence-electron chi connectivity index (χ0n) is 13.3. The number of rotatable bonds is 4. The molecule has 3 heteroatoms. The van der Waals surface area contributed by atoms with Gasteiger partial charge in [0.15, 0.2) is 6.29 Å². The van der Waals surface area contributed by atoms with E-state index in [4.69, 9.17) is 14.2 Å². The van der Waals surface area contributed by atoms with Crippen LogP contribution < -0.4 is 4.74 Å². The number of hydrogen-bond donors (Lipinski definition) is 0. The van der Waals surface area contributed by atoms with Gasteiger partial charge in [0.05, 0.1) is 18.8 Å². The second kappa shape index (κ2) is 5.74. The van der Waals surface area contributed by atoms with Gasteiger partial charge in [-0.15, -0.1) is 0 Å². The third-order valence-electron chi connectivity index (χ3n) is 4.34. The van der Waals surface area contributed by atoms with Gasteiger partial charge in [-0.25, -0.2) is 0 Å². The topological polar surface area (TPSA) is 27.7 Å². The van der Waals surface area contributed by atoms with Gasteiger partial charge in [-0.1, -0.05) is 39.8 Å². The van der Waals surface area contributed by atoms with E-state index in [2.05, 4.69) is 34.6 Å². The molecular weight excluding hydrogens is 252 g/mol. The van der Waals surface area contributed by atoms with Crippen LogP contribution in [-0.2, 0) is 9.47 Å². The average molecular weight is 278 g/mol. The second-order valence-corrected chi connectivity index (χ2v) is 6.36. The lowest BCUT2D eigenvalue weighted by molar-refractivity contribution is -0.100. The molecule has 0 aliphatic carbocycles. The van der Waals surface area contributed by atoms with E-state index in [0.717, 1.165) is 11.3 Å². The number of hydrogen-bond acceptors (Lipinski definition) is 3. The summed E-state index contributed by atoms with van der Waals surface area (Å²) in [4.78, 5) is 0. The van der Waals surface area contributed by atoms with Crippen molar-refractivity contribution < 1.29 is 14.2 Å². The molecule has 0 bridgehead atoms. The Hall–Kier alpha value is -1.06. The van der Waals surface area contributed by atoms with Crippen LogP contribution in [0.25, 0.3) is 0 Å². The Morgan fingerprint density at radius 2 is 1.70 bits per heavy atom. The predicted octanol–water partition coefficient (Wildman–Crippen LogP) is 4.18. The van der Waals surface area contributed by atoms with E-state index in [1.165, 1.54) is 0 Å². The van der Waals surface area contributed by atoms with Gasteiger partial charge in [0.1, 0.15) is 5.75 Å². The van der Waals surface area contributed by atoms with Crippen LogP contribution in [0.2, 0.25) is 0 Å². The zero-order valence-corrected chi connectivity index (χ0v) is 13.3. The maximum absolute atomic E-state index is 6.28. The van der Waals surface area contributed by atoms with Crippen molar-refractivity contribution in [3.8, 4) is 5.75 Å². The zero-order chi connectivity index (χ0) is 14.9. The summed E-state index contributed by atoms with van der Waals surface area (Å²) < 4.78 is 17.7. The van der Waals surface area contributed by atoms with Crippen LogP contribution in [0.3, 0.4) is 0 Å². The van der Waals surface area contributed by atoms with Gasteiger partial charge in [-0.05, 0) is 30.9 Å². The third-order valence-corrected chi connectivity index (χ3v) is 4.34. The minimum absolute atomic E-state index is 0.106. The Labute approximate surface area is 122 Å². The van der Waals surface area contributed by atoms with Gasteiger partial charge >= 0.3 is 0 Å². The first-order valence-electron chi connectivity index (χ1n) is 7.35. The first-order chi connectivity index (χ1) is 9.38. The highest BCUT2D eigenvalue weighted by Crippen LogP contribution is 2.45. The summed E-state index contributed by atoms with van der Waals surface area (Å²) in [5, 5.41) is 0. The average Bonchev–Trinajstić information content (AvgIpc) is 2.78. The Morgan fingerprint density at radius 3 is 2.10 bits per heavy atom. The molecule has 2 rings (SSSR count). The molecule has 0 radical (unpaired) electrons. The van der Waals surface area contributed by atoms with Gasteiger partial charge in [-0.2, -0.15) is 0 Å². The fourth-order valence-electron chi connectivity index (χ4n) is 2.79. The maximum atomic E-state index is 6.28. The minimum Gasteiger partial charge on any atom is -0.497 e. The molecule has 2 unspecified atom stereocenters. The summed E-state index contributed by atoms with van der Waals surface area (Å²) in [5.74, 6) is 1.67. The summed E-state index contributed by atoms with van der Waals surface area (Å²) in [6.45, 7) is 10.9. The lowest BCUT2D eigenvalue weighted by Crippen LogP contribution is -2.44.